The van der Waals surface area contributed by atoms with Gasteiger partial charge in [0.2, 0.25) is 0 Å². The molecule has 2 N–H and O–H groups in total. The minimum atomic E-state index is -0.663. The van der Waals surface area contributed by atoms with Crippen molar-refractivity contribution in [2.24, 2.45) is 0 Å². The molecule has 0 bridgehead atoms. The second kappa shape index (κ2) is 3.27. The SMILES string of the molecule is Cc1cc(C(O)c2cn[nH]n2)cs1. The first kappa shape index (κ1) is 8.40. The van der Waals surface area contributed by atoms with Gasteiger partial charge in [-0.2, -0.15) is 15.4 Å². The first-order valence-electron chi connectivity index (χ1n) is 3.86. The van der Waals surface area contributed by atoms with Crippen molar-refractivity contribution >= 4 is 11.3 Å². The van der Waals surface area contributed by atoms with Crippen molar-refractivity contribution in [3.8, 4) is 0 Å². The van der Waals surface area contributed by atoms with Gasteiger partial charge in [0, 0.05) is 4.88 Å². The van der Waals surface area contributed by atoms with Gasteiger partial charge in [-0.15, -0.1) is 11.3 Å². The number of aliphatic hydroxyl groups excluding tert-OH is 1. The normalized spacial score (nSPS) is 13.1. The van der Waals surface area contributed by atoms with Crippen LogP contribution in [0.5, 0.6) is 0 Å². The van der Waals surface area contributed by atoms with E-state index in [-0.39, 0.29) is 0 Å². The molecule has 1 atom stereocenters. The molecular formula is C8H9N3OS. The van der Waals surface area contributed by atoms with Crippen LogP contribution in [0.4, 0.5) is 0 Å². The quantitative estimate of drug-likeness (QED) is 0.758. The Bertz CT molecular complexity index is 382. The van der Waals surface area contributed by atoms with Crippen LogP contribution >= 0.6 is 11.3 Å². The minimum Gasteiger partial charge on any atom is -0.382 e. The van der Waals surface area contributed by atoms with Crippen LogP contribution in [-0.2, 0) is 0 Å². The summed E-state index contributed by atoms with van der Waals surface area (Å²) in [4.78, 5) is 1.18. The molecule has 2 rings (SSSR count). The highest BCUT2D eigenvalue weighted by molar-refractivity contribution is 7.10. The lowest BCUT2D eigenvalue weighted by atomic mass is 10.1. The summed E-state index contributed by atoms with van der Waals surface area (Å²) in [5.74, 6) is 0. The van der Waals surface area contributed by atoms with Crippen molar-refractivity contribution in [3.63, 3.8) is 0 Å². The topological polar surface area (TPSA) is 61.8 Å². The molecule has 2 aromatic rings. The number of thiophene rings is 1. The number of H-pyrrole nitrogens is 1. The number of aryl methyl sites for hydroxylation is 1. The van der Waals surface area contributed by atoms with Gasteiger partial charge in [0.15, 0.2) is 0 Å². The molecule has 0 saturated heterocycles. The standard InChI is InChI=1S/C8H9N3OS/c1-5-2-6(4-13-5)8(12)7-3-9-11-10-7/h2-4,8,12H,1H3,(H,9,10,11). The highest BCUT2D eigenvalue weighted by Gasteiger charge is 2.13. The van der Waals surface area contributed by atoms with Gasteiger partial charge in [-0.3, -0.25) is 0 Å². The second-order valence-corrected chi connectivity index (χ2v) is 3.90. The molecule has 0 aromatic carbocycles. The summed E-state index contributed by atoms with van der Waals surface area (Å²) >= 11 is 1.61. The van der Waals surface area contributed by atoms with Crippen LogP contribution in [0.25, 0.3) is 0 Å². The van der Waals surface area contributed by atoms with Gasteiger partial charge in [0.05, 0.1) is 6.20 Å². The fraction of sp³-hybridized carbons (Fsp3) is 0.250. The smallest absolute Gasteiger partial charge is 0.125 e. The number of rotatable bonds is 2. The van der Waals surface area contributed by atoms with Crippen LogP contribution in [0, 0.1) is 6.92 Å². The lowest BCUT2D eigenvalue weighted by Gasteiger charge is -2.02. The highest BCUT2D eigenvalue weighted by atomic mass is 32.1. The molecule has 0 amide bonds. The van der Waals surface area contributed by atoms with E-state index in [0.717, 1.165) is 5.56 Å². The summed E-state index contributed by atoms with van der Waals surface area (Å²) in [6.45, 7) is 2.00. The van der Waals surface area contributed by atoms with E-state index in [9.17, 15) is 5.11 Å². The Balaban J connectivity index is 2.28. The first-order valence-corrected chi connectivity index (χ1v) is 4.74. The molecule has 1 unspecified atom stereocenters. The van der Waals surface area contributed by atoms with Crippen LogP contribution in [0.15, 0.2) is 17.6 Å². The first-order chi connectivity index (χ1) is 6.27. The third kappa shape index (κ3) is 1.61. The Morgan fingerprint density at radius 1 is 1.62 bits per heavy atom. The van der Waals surface area contributed by atoms with Crippen molar-refractivity contribution in [2.45, 2.75) is 13.0 Å². The summed E-state index contributed by atoms with van der Waals surface area (Å²) in [6.07, 6.45) is 0.862. The van der Waals surface area contributed by atoms with E-state index in [0.29, 0.717) is 5.69 Å². The zero-order valence-corrected chi connectivity index (χ0v) is 7.88. The van der Waals surface area contributed by atoms with E-state index in [1.807, 2.05) is 18.4 Å². The van der Waals surface area contributed by atoms with Crippen LogP contribution in [0.2, 0.25) is 0 Å². The molecule has 4 nitrogen and oxygen atoms in total. The van der Waals surface area contributed by atoms with E-state index >= 15 is 0 Å². The van der Waals surface area contributed by atoms with E-state index in [2.05, 4.69) is 15.4 Å². The molecule has 0 aliphatic heterocycles. The van der Waals surface area contributed by atoms with Gasteiger partial charge in [-0.05, 0) is 23.9 Å². The Morgan fingerprint density at radius 2 is 2.46 bits per heavy atom. The van der Waals surface area contributed by atoms with E-state index in [4.69, 9.17) is 0 Å². The molecule has 0 spiro atoms. The minimum absolute atomic E-state index is 0.554. The number of nitrogens with zero attached hydrogens (tertiary/aromatic N) is 2. The van der Waals surface area contributed by atoms with E-state index in [1.54, 1.807) is 11.3 Å². The Kier molecular flexibility index (Phi) is 2.12. The molecule has 0 aliphatic carbocycles. The third-order valence-electron chi connectivity index (χ3n) is 1.78. The fourth-order valence-electron chi connectivity index (χ4n) is 1.12. The molecular weight excluding hydrogens is 186 g/mol. The molecule has 13 heavy (non-hydrogen) atoms. The second-order valence-electron chi connectivity index (χ2n) is 2.79. The summed E-state index contributed by atoms with van der Waals surface area (Å²) in [5, 5.41) is 21.6. The fourth-order valence-corrected chi connectivity index (χ4v) is 1.84. The number of aromatic nitrogens is 3. The zero-order chi connectivity index (χ0) is 9.26. The molecule has 0 aliphatic rings. The summed E-state index contributed by atoms with van der Waals surface area (Å²) < 4.78 is 0. The highest BCUT2D eigenvalue weighted by Crippen LogP contribution is 2.23. The predicted octanol–water partition coefficient (Wildman–Crippen LogP) is 1.26. The van der Waals surface area contributed by atoms with Crippen LogP contribution in [0.3, 0.4) is 0 Å². The summed E-state index contributed by atoms with van der Waals surface area (Å²) in [7, 11) is 0. The van der Waals surface area contributed by atoms with Gasteiger partial charge in [-0.1, -0.05) is 0 Å². The van der Waals surface area contributed by atoms with Gasteiger partial charge < -0.3 is 5.11 Å². The van der Waals surface area contributed by atoms with Gasteiger partial charge in [0.1, 0.15) is 11.8 Å². The van der Waals surface area contributed by atoms with Crippen LogP contribution in [-0.4, -0.2) is 20.5 Å². The zero-order valence-electron chi connectivity index (χ0n) is 7.06. The van der Waals surface area contributed by atoms with Gasteiger partial charge in [-0.25, -0.2) is 0 Å². The van der Waals surface area contributed by atoms with E-state index in [1.165, 1.54) is 11.1 Å². The lowest BCUT2D eigenvalue weighted by Crippen LogP contribution is -1.98. The average molecular weight is 195 g/mol. The molecule has 0 fully saturated rings. The lowest BCUT2D eigenvalue weighted by molar-refractivity contribution is 0.215. The van der Waals surface area contributed by atoms with Gasteiger partial charge in [0.25, 0.3) is 0 Å². The van der Waals surface area contributed by atoms with Crippen molar-refractivity contribution in [2.75, 3.05) is 0 Å². The third-order valence-corrected chi connectivity index (χ3v) is 2.66. The van der Waals surface area contributed by atoms with Crippen molar-refractivity contribution < 1.29 is 5.11 Å². The molecule has 0 radical (unpaired) electrons. The number of nitrogens with one attached hydrogen (secondary N) is 1. The maximum absolute atomic E-state index is 9.78. The van der Waals surface area contributed by atoms with Crippen molar-refractivity contribution in [1.29, 1.82) is 0 Å². The Morgan fingerprint density at radius 3 is 3.00 bits per heavy atom. The molecule has 68 valence electrons. The predicted molar refractivity (Wildman–Crippen MR) is 49.5 cm³/mol. The Hall–Kier alpha value is -1.20. The number of hydrogen-bond donors (Lipinski definition) is 2. The average Bonchev–Trinajstić information content (AvgIpc) is 2.72. The molecule has 0 saturated carbocycles. The maximum atomic E-state index is 9.78. The van der Waals surface area contributed by atoms with E-state index < -0.39 is 6.10 Å². The van der Waals surface area contributed by atoms with Crippen LogP contribution < -0.4 is 0 Å². The monoisotopic (exact) mass is 195 g/mol. The molecule has 5 heteroatoms. The largest absolute Gasteiger partial charge is 0.382 e. The number of aromatic amines is 1. The Labute approximate surface area is 79.2 Å². The van der Waals surface area contributed by atoms with Crippen LogP contribution in [0.1, 0.15) is 22.2 Å². The summed E-state index contributed by atoms with van der Waals surface area (Å²) in [6, 6.07) is 1.95. The number of aliphatic hydroxyl groups is 1. The number of hydrogen-bond acceptors (Lipinski definition) is 4. The maximum Gasteiger partial charge on any atom is 0.125 e. The van der Waals surface area contributed by atoms with Crippen molar-refractivity contribution in [1.82, 2.24) is 15.4 Å². The summed E-state index contributed by atoms with van der Waals surface area (Å²) in [5.41, 5.74) is 1.43. The van der Waals surface area contributed by atoms with Crippen molar-refractivity contribution in [3.05, 3.63) is 33.8 Å². The molecule has 2 heterocycles. The molecule has 2 aromatic heterocycles. The van der Waals surface area contributed by atoms with Gasteiger partial charge >= 0.3 is 0 Å².